The summed E-state index contributed by atoms with van der Waals surface area (Å²) in [5.41, 5.74) is 0. The lowest BCUT2D eigenvalue weighted by molar-refractivity contribution is 1.50. The molecule has 0 heterocycles. The average molecular weight is 166 g/mol. The molecule has 0 rings (SSSR count). The third-order valence-corrected chi connectivity index (χ3v) is 0. The van der Waals surface area contributed by atoms with E-state index in [0.717, 1.165) is 0 Å². The van der Waals surface area contributed by atoms with Crippen molar-refractivity contribution in [1.29, 1.82) is 0 Å². The summed E-state index contributed by atoms with van der Waals surface area (Å²) in [4.78, 5) is 0. The first-order valence-electron chi connectivity index (χ1n) is 3.00. The van der Waals surface area contributed by atoms with E-state index in [0.29, 0.717) is 0 Å². The third kappa shape index (κ3) is 0. The lowest BCUT2D eigenvalue weighted by atomic mass is 11.0. The number of hydrogen-bond acceptors (Lipinski definition) is 0. The number of rotatable bonds is 0. The van der Waals surface area contributed by atoms with Crippen molar-refractivity contribution in [2.75, 3.05) is 0 Å². The molecule has 0 bridgehead atoms. The Bertz CT molecular complexity index is 12.1. The van der Waals surface area contributed by atoms with Crippen molar-refractivity contribution in [3.05, 3.63) is 0 Å². The summed E-state index contributed by atoms with van der Waals surface area (Å²) in [7, 11) is 2.50. The van der Waals surface area contributed by atoms with E-state index in [4.69, 9.17) is 2.74 Å². The van der Waals surface area contributed by atoms with Gasteiger partial charge >= 0.3 is 0 Å². The minimum absolute atomic E-state index is 0. The first-order valence-corrected chi connectivity index (χ1v) is 1.00. The SMILES string of the molecule is C.C.C.C.C.C.CC.[2HH].[2HH].[2H]C.[2H]C. The Hall–Kier alpha value is 0. The lowest BCUT2D eigenvalue weighted by Gasteiger charge is -1.07. The Balaban J connectivity index is -0.000000000833. The molecule has 0 aromatic carbocycles. The molecule has 0 radical (unpaired) electrons. The normalized spacial score (nSPS) is 2.00. The van der Waals surface area contributed by atoms with Crippen molar-refractivity contribution in [1.82, 2.24) is 0 Å². The second-order valence-corrected chi connectivity index (χ2v) is 0. The molecule has 0 heteroatoms. The van der Waals surface area contributed by atoms with Gasteiger partial charge in [0.1, 0.15) is 0 Å². The van der Waals surface area contributed by atoms with Gasteiger partial charge in [-0.15, -0.1) is 0 Å². The van der Waals surface area contributed by atoms with Crippen LogP contribution < -0.4 is 0 Å². The second kappa shape index (κ2) is 0. The minimum atomic E-state index is 0. The zero-order valence-electron chi connectivity index (χ0n) is 6.00. The van der Waals surface area contributed by atoms with E-state index in [-0.39, 0.29) is 47.4 Å². The van der Waals surface area contributed by atoms with Crippen molar-refractivity contribution in [2.24, 2.45) is 0 Å². The molecule has 0 fully saturated rings. The van der Waals surface area contributed by atoms with Crippen LogP contribution in [0.1, 0.15) is 78.8 Å². The van der Waals surface area contributed by atoms with Crippen LogP contribution in [0.15, 0.2) is 0 Å². The topological polar surface area (TPSA) is 0 Å². The summed E-state index contributed by atoms with van der Waals surface area (Å²) >= 11 is 0. The molecule has 0 nitrogen and oxygen atoms in total. The van der Waals surface area contributed by atoms with Crippen LogP contribution in [0.25, 0.3) is 0 Å². The van der Waals surface area contributed by atoms with Crippen LogP contribution in [0.5, 0.6) is 0 Å². The van der Waals surface area contributed by atoms with Gasteiger partial charge in [-0.05, 0) is 0 Å². The predicted molar refractivity (Wildman–Crippen MR) is 69.4 cm³/mol. The monoisotopic (exact) mass is 166 g/mol. The van der Waals surface area contributed by atoms with Crippen molar-refractivity contribution in [3.63, 3.8) is 0 Å². The first kappa shape index (κ1) is 90.0. The van der Waals surface area contributed by atoms with Crippen LogP contribution in [0.3, 0.4) is 0 Å². The molecule has 10 heavy (non-hydrogen) atoms. The van der Waals surface area contributed by atoms with Gasteiger partial charge in [-0.3, -0.25) is 0 Å². The first-order chi connectivity index (χ1) is 3.00. The summed E-state index contributed by atoms with van der Waals surface area (Å²) in [5, 5.41) is 0. The molecule has 0 N–H and O–H groups in total. The van der Waals surface area contributed by atoms with Crippen LogP contribution in [0.4, 0.5) is 0 Å². The van der Waals surface area contributed by atoms with Crippen molar-refractivity contribution in [3.8, 4) is 0 Å². The average Bonchev–Trinajstić information content (AvgIpc) is 1.81. The molecule has 0 aromatic heterocycles. The summed E-state index contributed by atoms with van der Waals surface area (Å²) < 4.78 is 11.5. The molecular formula is C10H42. The molecule has 82 valence electrons. The van der Waals surface area contributed by atoms with Crippen LogP contribution in [-0.4, -0.2) is 0 Å². The van der Waals surface area contributed by atoms with E-state index in [9.17, 15) is 0 Å². The summed E-state index contributed by atoms with van der Waals surface area (Å²) in [6, 6.07) is 0. The van der Waals surface area contributed by atoms with Crippen LogP contribution >= 0.6 is 0 Å². The zero-order valence-corrected chi connectivity index (χ0v) is 4.00. The van der Waals surface area contributed by atoms with Gasteiger partial charge in [0.05, 0.1) is 0 Å². The summed E-state index contributed by atoms with van der Waals surface area (Å²) in [5.74, 6) is 0. The zero-order chi connectivity index (χ0) is 6.00. The smallest absolute Gasteiger partial charge is 0.0194 e. The summed E-state index contributed by atoms with van der Waals surface area (Å²) in [6.07, 6.45) is 0. The quantitative estimate of drug-likeness (QED) is 0.380. The van der Waals surface area contributed by atoms with Gasteiger partial charge in [0.15, 0.2) is 0 Å². The molecule has 0 saturated carbocycles. The molecule has 0 spiro atoms. The van der Waals surface area contributed by atoms with Gasteiger partial charge in [-0.2, -0.15) is 0 Å². The Labute approximate surface area is 79.8 Å². The molecule has 0 aliphatic heterocycles. The maximum absolute atomic E-state index is 5.75. The summed E-state index contributed by atoms with van der Waals surface area (Å²) in [6.45, 7) is 4.00. The molecule has 0 aromatic rings. The van der Waals surface area contributed by atoms with Gasteiger partial charge in [0, 0.05) is 5.59 Å². The second-order valence-electron chi connectivity index (χ2n) is 0. The van der Waals surface area contributed by atoms with E-state index in [1.165, 1.54) is 14.8 Å². The third-order valence-electron chi connectivity index (χ3n) is 0. The van der Waals surface area contributed by atoms with Crippen molar-refractivity contribution < 1.29 is 5.59 Å². The Morgan fingerprint density at radius 2 is 0.600 bits per heavy atom. The highest BCUT2D eigenvalue weighted by Gasteiger charge is 0.932. The van der Waals surface area contributed by atoms with Crippen molar-refractivity contribution >= 4 is 0 Å². The highest BCUT2D eigenvalue weighted by molar-refractivity contribution is 3.50. The fraction of sp³-hybridized carbons (Fsp3) is 1.00. The fourth-order valence-corrected chi connectivity index (χ4v) is 0. The van der Waals surface area contributed by atoms with Crippen molar-refractivity contribution in [2.45, 2.75) is 73.2 Å². The Kier molecular flexibility index (Phi) is 0. The van der Waals surface area contributed by atoms with E-state index in [1.54, 1.807) is 0 Å². The predicted octanol–water partition coefficient (Wildman–Crippen LogP) is 6.61. The molecule has 0 unspecified atom stereocenters. The molecule has 0 atom stereocenters. The highest BCUT2D eigenvalue weighted by atomic mass is 13.0. The van der Waals surface area contributed by atoms with E-state index in [1.807, 2.05) is 13.8 Å². The van der Waals surface area contributed by atoms with Gasteiger partial charge in [0.2, 0.25) is 0 Å². The maximum Gasteiger partial charge on any atom is 0.0194 e. The molecule has 0 amide bonds. The standard InChI is InChI=1S/C2H6.8CH4.2H2/c1-2;;;;;;;;;;/h1-2H3;8*1H4;2*1H/i;2*1D;;;;;;;2*1+1. The molecule has 0 aliphatic carbocycles. The molecule has 0 aliphatic rings. The van der Waals surface area contributed by atoms with Gasteiger partial charge in [0.25, 0.3) is 0 Å². The van der Waals surface area contributed by atoms with Gasteiger partial charge < -0.3 is 0 Å². The Morgan fingerprint density at radius 1 is 0.600 bits per heavy atom. The highest BCUT2D eigenvalue weighted by Crippen LogP contribution is 1.14. The van der Waals surface area contributed by atoms with Crippen LogP contribution in [0, 0.1) is 0 Å². The maximum atomic E-state index is 5.75. The largest absolute Gasteiger partial charge is 0.0776 e. The van der Waals surface area contributed by atoms with Crippen LogP contribution in [-0.2, 0) is 0 Å². The van der Waals surface area contributed by atoms with E-state index < -0.39 is 0 Å². The fourth-order valence-electron chi connectivity index (χ4n) is 0. The molecule has 0 saturated heterocycles. The van der Waals surface area contributed by atoms with E-state index >= 15 is 0 Å². The van der Waals surface area contributed by atoms with E-state index in [2.05, 4.69) is 0 Å². The van der Waals surface area contributed by atoms with Crippen LogP contribution in [0.2, 0.25) is 0 Å². The minimum Gasteiger partial charge on any atom is -0.0776 e. The molecular weight excluding hydrogens is 120 g/mol. The Morgan fingerprint density at radius 3 is 0.600 bits per heavy atom. The number of hydrogen-bond donors (Lipinski definition) is 0. The van der Waals surface area contributed by atoms with Gasteiger partial charge in [-0.25, -0.2) is 0 Å². The van der Waals surface area contributed by atoms with Gasteiger partial charge in [-0.1, -0.05) is 73.2 Å². The lowest BCUT2D eigenvalue weighted by Crippen LogP contribution is -0.856.